The van der Waals surface area contributed by atoms with Crippen LogP contribution in [-0.4, -0.2) is 62.7 Å². The molecule has 0 radical (unpaired) electrons. The summed E-state index contributed by atoms with van der Waals surface area (Å²) >= 11 is 1.33. The monoisotopic (exact) mass is 447 g/mol. The normalized spacial score (nSPS) is 16.8. The number of rotatable bonds is 6. The van der Waals surface area contributed by atoms with Gasteiger partial charge in [0.15, 0.2) is 10.8 Å². The van der Waals surface area contributed by atoms with Gasteiger partial charge in [0, 0.05) is 37.5 Å². The van der Waals surface area contributed by atoms with E-state index in [1.54, 1.807) is 17.9 Å². The van der Waals surface area contributed by atoms with Crippen LogP contribution in [0.2, 0.25) is 0 Å². The van der Waals surface area contributed by atoms with Crippen LogP contribution in [0.15, 0.2) is 11.6 Å². The molecule has 2 aromatic rings. The van der Waals surface area contributed by atoms with Crippen LogP contribution in [0.3, 0.4) is 0 Å². The molecule has 1 fully saturated rings. The quantitative estimate of drug-likeness (QED) is 0.693. The molecule has 0 aromatic carbocycles. The summed E-state index contributed by atoms with van der Waals surface area (Å²) in [6.07, 6.45) is 3.73. The van der Waals surface area contributed by atoms with Gasteiger partial charge < -0.3 is 15.5 Å². The summed E-state index contributed by atoms with van der Waals surface area (Å²) in [6, 6.07) is 0. The van der Waals surface area contributed by atoms with Crippen LogP contribution in [0.25, 0.3) is 0 Å². The number of hydrogen-bond acceptors (Lipinski definition) is 7. The average Bonchev–Trinajstić information content (AvgIpc) is 3.36. The van der Waals surface area contributed by atoms with Gasteiger partial charge in [0.25, 0.3) is 5.91 Å². The van der Waals surface area contributed by atoms with Crippen molar-refractivity contribution >= 4 is 34.2 Å². The van der Waals surface area contributed by atoms with E-state index in [2.05, 4.69) is 25.9 Å². The number of anilines is 1. The van der Waals surface area contributed by atoms with Gasteiger partial charge >= 0.3 is 0 Å². The molecule has 2 aromatic heterocycles. The lowest BCUT2D eigenvalue weighted by molar-refractivity contribution is -0.132. The Bertz CT molecular complexity index is 947. The van der Waals surface area contributed by atoms with Crippen molar-refractivity contribution in [1.29, 1.82) is 0 Å². The molecule has 11 heteroatoms. The van der Waals surface area contributed by atoms with E-state index in [0.29, 0.717) is 30.5 Å². The van der Waals surface area contributed by atoms with Gasteiger partial charge in [-0.25, -0.2) is 4.98 Å². The van der Waals surface area contributed by atoms with Crippen LogP contribution < -0.4 is 10.6 Å². The van der Waals surface area contributed by atoms with Gasteiger partial charge in [0.05, 0.1) is 18.3 Å². The van der Waals surface area contributed by atoms with E-state index in [0.717, 1.165) is 12.8 Å². The van der Waals surface area contributed by atoms with Gasteiger partial charge in [-0.1, -0.05) is 26.0 Å². The Hall–Kier alpha value is -2.82. The second kappa shape index (κ2) is 9.54. The SMILES string of the molecule is CNC(=O)c1cn(CC2CCCN(C(=O)Cc3csc(NC(=O)C(C)(C)C)n3)C2)nn1. The second-order valence-electron chi connectivity index (χ2n) is 8.78. The molecule has 1 unspecified atom stereocenters. The Kier molecular flexibility index (Phi) is 7.04. The molecule has 0 spiro atoms. The molecule has 1 aliphatic rings. The zero-order valence-electron chi connectivity index (χ0n) is 18.3. The number of amides is 3. The molecule has 1 aliphatic heterocycles. The Labute approximate surface area is 185 Å². The zero-order valence-corrected chi connectivity index (χ0v) is 19.2. The molecule has 0 bridgehead atoms. The molecule has 1 atom stereocenters. The Balaban J connectivity index is 1.53. The van der Waals surface area contributed by atoms with Gasteiger partial charge in [-0.3, -0.25) is 19.1 Å². The number of carbonyl (C=O) groups is 3. The van der Waals surface area contributed by atoms with E-state index in [-0.39, 0.29) is 35.8 Å². The first-order chi connectivity index (χ1) is 14.7. The van der Waals surface area contributed by atoms with Crippen LogP contribution in [-0.2, 0) is 22.6 Å². The Morgan fingerprint density at radius 1 is 1.29 bits per heavy atom. The molecule has 1 saturated heterocycles. The predicted octanol–water partition coefficient (Wildman–Crippen LogP) is 1.56. The van der Waals surface area contributed by atoms with Crippen molar-refractivity contribution in [3.63, 3.8) is 0 Å². The lowest BCUT2D eigenvalue weighted by Gasteiger charge is -2.32. The molecule has 3 amide bonds. The molecule has 0 saturated carbocycles. The smallest absolute Gasteiger partial charge is 0.273 e. The standard InChI is InChI=1S/C20H29N7O3S/c1-20(2,3)18(30)23-19-22-14(12-31-19)8-16(28)26-7-5-6-13(9-26)10-27-11-15(24-25-27)17(29)21-4/h11-13H,5-10H2,1-4H3,(H,21,29)(H,22,23,30). The van der Waals surface area contributed by atoms with Crippen LogP contribution in [0.4, 0.5) is 5.13 Å². The van der Waals surface area contributed by atoms with E-state index < -0.39 is 5.41 Å². The number of hydrogen-bond donors (Lipinski definition) is 2. The van der Waals surface area contributed by atoms with E-state index >= 15 is 0 Å². The third-order valence-corrected chi connectivity index (χ3v) is 5.91. The highest BCUT2D eigenvalue weighted by Gasteiger charge is 2.26. The van der Waals surface area contributed by atoms with E-state index in [1.807, 2.05) is 31.1 Å². The largest absolute Gasteiger partial charge is 0.354 e. The van der Waals surface area contributed by atoms with Crippen molar-refractivity contribution in [1.82, 2.24) is 30.2 Å². The van der Waals surface area contributed by atoms with Gasteiger partial charge in [-0.15, -0.1) is 16.4 Å². The molecule has 2 N–H and O–H groups in total. The van der Waals surface area contributed by atoms with Gasteiger partial charge in [0.1, 0.15) is 0 Å². The lowest BCUT2D eigenvalue weighted by Crippen LogP contribution is -2.41. The fourth-order valence-corrected chi connectivity index (χ4v) is 4.03. The van der Waals surface area contributed by atoms with Crippen LogP contribution >= 0.6 is 11.3 Å². The maximum atomic E-state index is 12.8. The molecule has 3 heterocycles. The second-order valence-corrected chi connectivity index (χ2v) is 9.64. The summed E-state index contributed by atoms with van der Waals surface area (Å²) in [6.45, 7) is 7.47. The van der Waals surface area contributed by atoms with Crippen molar-refractivity contribution in [2.24, 2.45) is 11.3 Å². The third kappa shape index (κ3) is 6.09. The maximum Gasteiger partial charge on any atom is 0.273 e. The summed E-state index contributed by atoms with van der Waals surface area (Å²) in [5.41, 5.74) is 0.437. The fourth-order valence-electron chi connectivity index (χ4n) is 3.32. The molecule has 31 heavy (non-hydrogen) atoms. The van der Waals surface area contributed by atoms with Crippen molar-refractivity contribution in [2.75, 3.05) is 25.5 Å². The number of carbonyl (C=O) groups excluding carboxylic acids is 3. The first kappa shape index (κ1) is 22.9. The first-order valence-corrected chi connectivity index (χ1v) is 11.2. The number of piperidine rings is 1. The summed E-state index contributed by atoms with van der Waals surface area (Å²) in [5, 5.41) is 15.6. The van der Waals surface area contributed by atoms with Gasteiger partial charge in [-0.2, -0.15) is 0 Å². The van der Waals surface area contributed by atoms with E-state index in [1.165, 1.54) is 11.3 Å². The average molecular weight is 448 g/mol. The predicted molar refractivity (Wildman–Crippen MR) is 117 cm³/mol. The first-order valence-electron chi connectivity index (χ1n) is 10.3. The van der Waals surface area contributed by atoms with Gasteiger partial charge in [-0.05, 0) is 18.8 Å². The highest BCUT2D eigenvalue weighted by molar-refractivity contribution is 7.13. The minimum absolute atomic E-state index is 0.0216. The summed E-state index contributed by atoms with van der Waals surface area (Å²) in [7, 11) is 1.55. The zero-order chi connectivity index (χ0) is 22.6. The summed E-state index contributed by atoms with van der Waals surface area (Å²) in [5.74, 6) is -0.110. The van der Waals surface area contributed by atoms with Crippen molar-refractivity contribution in [3.05, 3.63) is 23.0 Å². The topological polar surface area (TPSA) is 122 Å². The molecule has 3 rings (SSSR count). The Morgan fingerprint density at radius 2 is 2.06 bits per heavy atom. The highest BCUT2D eigenvalue weighted by atomic mass is 32.1. The molecular weight excluding hydrogens is 418 g/mol. The molecular formula is C20H29N7O3S. The van der Waals surface area contributed by atoms with Gasteiger partial charge in [0.2, 0.25) is 11.8 Å². The number of nitrogens with zero attached hydrogens (tertiary/aromatic N) is 5. The highest BCUT2D eigenvalue weighted by Crippen LogP contribution is 2.22. The van der Waals surface area contributed by atoms with Crippen molar-refractivity contribution in [3.8, 4) is 0 Å². The maximum absolute atomic E-state index is 12.8. The lowest BCUT2D eigenvalue weighted by atomic mass is 9.96. The number of likely N-dealkylation sites (tertiary alicyclic amines) is 1. The van der Waals surface area contributed by atoms with Crippen LogP contribution in [0, 0.1) is 11.3 Å². The summed E-state index contributed by atoms with van der Waals surface area (Å²) < 4.78 is 1.66. The molecule has 10 nitrogen and oxygen atoms in total. The fraction of sp³-hybridized carbons (Fsp3) is 0.600. The number of aromatic nitrogens is 4. The van der Waals surface area contributed by atoms with Crippen LogP contribution in [0.5, 0.6) is 0 Å². The number of nitrogens with one attached hydrogen (secondary N) is 2. The minimum Gasteiger partial charge on any atom is -0.354 e. The third-order valence-electron chi connectivity index (χ3n) is 5.10. The van der Waals surface area contributed by atoms with Crippen molar-refractivity contribution in [2.45, 2.75) is 46.6 Å². The summed E-state index contributed by atoms with van der Waals surface area (Å²) in [4.78, 5) is 42.8. The van der Waals surface area contributed by atoms with E-state index in [9.17, 15) is 14.4 Å². The van der Waals surface area contributed by atoms with E-state index in [4.69, 9.17) is 0 Å². The number of thiazole rings is 1. The molecule has 168 valence electrons. The minimum atomic E-state index is -0.504. The molecule has 0 aliphatic carbocycles. The van der Waals surface area contributed by atoms with Crippen LogP contribution in [0.1, 0.15) is 49.8 Å². The van der Waals surface area contributed by atoms with Crippen molar-refractivity contribution < 1.29 is 14.4 Å². The Morgan fingerprint density at radius 3 is 2.77 bits per heavy atom.